The van der Waals surface area contributed by atoms with Gasteiger partial charge < -0.3 is 4.74 Å². The van der Waals surface area contributed by atoms with Gasteiger partial charge in [0.05, 0.1) is 45.4 Å². The molecule has 0 N–H and O–H groups in total. The van der Waals surface area contributed by atoms with Gasteiger partial charge in [0.15, 0.2) is 15.5 Å². The molecule has 172 valence electrons. The van der Waals surface area contributed by atoms with Crippen molar-refractivity contribution in [1.82, 2.24) is 14.8 Å². The Morgan fingerprint density at radius 1 is 1.12 bits per heavy atom. The fourth-order valence-corrected chi connectivity index (χ4v) is 5.93. The van der Waals surface area contributed by atoms with Crippen molar-refractivity contribution < 1.29 is 35.9 Å². The smallest absolute Gasteiger partial charge is 0.406 e. The number of carbonyl (C=O) groups excluding carboxylic acids is 2. The zero-order valence-electron chi connectivity index (χ0n) is 17.0. The number of hydrogen-bond donors (Lipinski definition) is 0. The number of anilines is 1. The molecule has 0 spiro atoms. The predicted molar refractivity (Wildman–Crippen MR) is 109 cm³/mol. The van der Waals surface area contributed by atoms with Crippen molar-refractivity contribution >= 4 is 38.4 Å². The fraction of sp³-hybridized carbons (Fsp3) is 0.300. The number of aromatic nitrogens is 3. The minimum absolute atomic E-state index is 0.0300. The highest BCUT2D eigenvalue weighted by Gasteiger charge is 2.41. The zero-order chi connectivity index (χ0) is 23.7. The monoisotopic (exact) mass is 480 g/mol. The van der Waals surface area contributed by atoms with Crippen LogP contribution in [0.1, 0.15) is 38.9 Å². The Kier molecular flexibility index (Phi) is 4.54. The highest BCUT2D eigenvalue weighted by molar-refractivity contribution is 7.91. The van der Waals surface area contributed by atoms with E-state index in [1.165, 1.54) is 23.0 Å². The van der Waals surface area contributed by atoms with Crippen LogP contribution < -0.4 is 9.64 Å². The molecule has 4 heterocycles. The van der Waals surface area contributed by atoms with E-state index in [0.29, 0.717) is 23.1 Å². The molecule has 0 saturated carbocycles. The normalized spacial score (nSPS) is 20.0. The molecule has 1 atom stereocenters. The maximum atomic E-state index is 13.3. The zero-order valence-corrected chi connectivity index (χ0v) is 17.8. The Bertz CT molecular complexity index is 1430. The second-order valence-corrected chi connectivity index (χ2v) is 10.0. The molecule has 0 aliphatic carbocycles. The number of rotatable bonds is 3. The molecule has 0 bridgehead atoms. The van der Waals surface area contributed by atoms with Gasteiger partial charge >= 0.3 is 6.36 Å². The first-order chi connectivity index (χ1) is 15.5. The third-order valence-electron chi connectivity index (χ3n) is 5.63. The summed E-state index contributed by atoms with van der Waals surface area (Å²) >= 11 is 0. The molecular weight excluding hydrogens is 465 g/mol. The lowest BCUT2D eigenvalue weighted by Gasteiger charge is -2.15. The third-order valence-corrected chi connectivity index (χ3v) is 7.38. The molecule has 13 heteroatoms. The number of nitrogens with zero attached hydrogens (tertiary/aromatic N) is 4. The summed E-state index contributed by atoms with van der Waals surface area (Å²) in [6.45, 7) is 1.63. The van der Waals surface area contributed by atoms with Gasteiger partial charge in [-0.25, -0.2) is 23.0 Å². The molecule has 1 saturated heterocycles. The predicted octanol–water partition coefficient (Wildman–Crippen LogP) is 2.80. The van der Waals surface area contributed by atoms with Gasteiger partial charge in [-0.05, 0) is 37.6 Å². The Labute approximate surface area is 184 Å². The molecule has 2 aliphatic heterocycles. The molecule has 1 unspecified atom stereocenters. The lowest BCUT2D eigenvalue weighted by molar-refractivity contribution is -0.274. The average Bonchev–Trinajstić information content (AvgIpc) is 3.34. The largest absolute Gasteiger partial charge is 0.573 e. The summed E-state index contributed by atoms with van der Waals surface area (Å²) in [6.07, 6.45) is -3.27. The summed E-state index contributed by atoms with van der Waals surface area (Å²) in [6, 6.07) is 3.93. The number of amides is 2. The van der Waals surface area contributed by atoms with E-state index in [-0.39, 0.29) is 28.3 Å². The van der Waals surface area contributed by atoms with Gasteiger partial charge in [-0.15, -0.1) is 13.2 Å². The molecule has 33 heavy (non-hydrogen) atoms. The van der Waals surface area contributed by atoms with Crippen molar-refractivity contribution in [1.29, 1.82) is 0 Å². The molecule has 1 aromatic carbocycles. The van der Waals surface area contributed by atoms with Crippen molar-refractivity contribution in [3.63, 3.8) is 0 Å². The van der Waals surface area contributed by atoms with Crippen LogP contribution in [0.25, 0.3) is 11.0 Å². The van der Waals surface area contributed by atoms with Gasteiger partial charge in [-0.2, -0.15) is 5.10 Å². The first-order valence-electron chi connectivity index (χ1n) is 9.78. The van der Waals surface area contributed by atoms with Gasteiger partial charge in [-0.3, -0.25) is 9.59 Å². The number of imide groups is 1. The van der Waals surface area contributed by atoms with Crippen LogP contribution in [0, 0.1) is 6.92 Å². The molecule has 5 rings (SSSR count). The summed E-state index contributed by atoms with van der Waals surface area (Å²) < 4.78 is 66.3. The number of sulfone groups is 1. The van der Waals surface area contributed by atoms with Crippen molar-refractivity contribution in [2.75, 3.05) is 16.4 Å². The second-order valence-electron chi connectivity index (χ2n) is 7.82. The molecule has 0 radical (unpaired) electrons. The highest BCUT2D eigenvalue weighted by Crippen LogP contribution is 2.36. The van der Waals surface area contributed by atoms with Crippen LogP contribution in [0.4, 0.5) is 18.9 Å². The van der Waals surface area contributed by atoms with Crippen LogP contribution in [0.5, 0.6) is 5.75 Å². The molecule has 3 aromatic rings. The number of alkyl halides is 3. The van der Waals surface area contributed by atoms with E-state index >= 15 is 0 Å². The first kappa shape index (κ1) is 21.4. The van der Waals surface area contributed by atoms with E-state index in [9.17, 15) is 31.2 Å². The van der Waals surface area contributed by atoms with Gasteiger partial charge in [0.25, 0.3) is 11.8 Å². The lowest BCUT2D eigenvalue weighted by Crippen LogP contribution is -2.29. The van der Waals surface area contributed by atoms with Crippen LogP contribution in [0.15, 0.2) is 30.5 Å². The van der Waals surface area contributed by atoms with Gasteiger partial charge in [0, 0.05) is 6.20 Å². The maximum absolute atomic E-state index is 13.3. The van der Waals surface area contributed by atoms with Crippen LogP contribution >= 0.6 is 0 Å². The maximum Gasteiger partial charge on any atom is 0.573 e. The minimum atomic E-state index is -4.87. The number of halogens is 3. The van der Waals surface area contributed by atoms with Crippen LogP contribution in [-0.4, -0.2) is 52.9 Å². The van der Waals surface area contributed by atoms with E-state index in [1.807, 2.05) is 0 Å². The number of aryl methyl sites for hydroxylation is 1. The Hall–Kier alpha value is -3.48. The molecule has 1 fully saturated rings. The Balaban J connectivity index is 1.54. The van der Waals surface area contributed by atoms with Crippen LogP contribution in [0.3, 0.4) is 0 Å². The van der Waals surface area contributed by atoms with Crippen LogP contribution in [0.2, 0.25) is 0 Å². The molecular formula is C20H15F3N4O5S. The van der Waals surface area contributed by atoms with Crippen molar-refractivity contribution in [3.05, 3.63) is 47.3 Å². The number of pyridine rings is 1. The van der Waals surface area contributed by atoms with Crippen molar-refractivity contribution in [2.45, 2.75) is 25.7 Å². The van der Waals surface area contributed by atoms with Gasteiger partial charge in [0.1, 0.15) is 5.75 Å². The van der Waals surface area contributed by atoms with E-state index in [1.54, 1.807) is 6.92 Å². The second kappa shape index (κ2) is 7.01. The van der Waals surface area contributed by atoms with Gasteiger partial charge in [0.2, 0.25) is 0 Å². The SMILES string of the molecule is Cc1nn(C2CCS(=O)(=O)C2)c2ncc3c(c12)C(=O)N(c1ccc(OC(F)(F)F)cc1)C3=O. The van der Waals surface area contributed by atoms with E-state index in [0.717, 1.165) is 17.0 Å². The summed E-state index contributed by atoms with van der Waals surface area (Å²) in [4.78, 5) is 31.4. The van der Waals surface area contributed by atoms with Crippen molar-refractivity contribution in [3.8, 4) is 5.75 Å². The number of fused-ring (bicyclic) bond motifs is 3. The standard InChI is InChI=1S/C20H15F3N4O5S/c1-10-15-16-14(8-24-17(15)27(25-10)12-6-7-33(30,31)9-12)18(28)26(19(16)29)11-2-4-13(5-3-11)32-20(21,22)23/h2-5,8,12H,6-7,9H2,1H3. The molecule has 2 amide bonds. The van der Waals surface area contributed by atoms with Crippen molar-refractivity contribution in [2.24, 2.45) is 0 Å². The molecule has 2 aliphatic rings. The summed E-state index contributed by atoms with van der Waals surface area (Å²) in [7, 11) is -3.19. The van der Waals surface area contributed by atoms with Gasteiger partial charge in [-0.1, -0.05) is 0 Å². The third kappa shape index (κ3) is 3.52. The van der Waals surface area contributed by atoms with Crippen LogP contribution in [-0.2, 0) is 9.84 Å². The summed E-state index contributed by atoms with van der Waals surface area (Å²) in [5.74, 6) is -1.90. The number of hydrogen-bond acceptors (Lipinski definition) is 7. The summed E-state index contributed by atoms with van der Waals surface area (Å²) in [5.41, 5.74) is 0.881. The number of carbonyl (C=O) groups is 2. The Morgan fingerprint density at radius 3 is 2.42 bits per heavy atom. The molecule has 2 aromatic heterocycles. The highest BCUT2D eigenvalue weighted by atomic mass is 32.2. The molecule has 9 nitrogen and oxygen atoms in total. The average molecular weight is 480 g/mol. The first-order valence-corrected chi connectivity index (χ1v) is 11.6. The topological polar surface area (TPSA) is 111 Å². The quantitative estimate of drug-likeness (QED) is 0.530. The van der Waals surface area contributed by atoms with E-state index in [2.05, 4.69) is 14.8 Å². The number of ether oxygens (including phenoxy) is 1. The fourth-order valence-electron chi connectivity index (χ4n) is 4.24. The lowest BCUT2D eigenvalue weighted by atomic mass is 10.1. The summed E-state index contributed by atoms with van der Waals surface area (Å²) in [5, 5.41) is 4.74. The Morgan fingerprint density at radius 2 is 1.82 bits per heavy atom. The van der Waals surface area contributed by atoms with E-state index in [4.69, 9.17) is 0 Å². The minimum Gasteiger partial charge on any atom is -0.406 e. The number of benzene rings is 1. The van der Waals surface area contributed by atoms with E-state index < -0.39 is 39.8 Å².